The smallest absolute Gasteiger partial charge is 0.113 e. The second kappa shape index (κ2) is 32.7. The number of fused-ring (bicyclic) bond motifs is 25. The lowest BCUT2D eigenvalue weighted by atomic mass is 9.88. The molecule has 0 spiro atoms. The number of nitrogens with zero attached hydrogens (tertiary/aromatic N) is 9. The molecule has 10 heteroatoms. The summed E-state index contributed by atoms with van der Waals surface area (Å²) >= 11 is 1.85. The predicted molar refractivity (Wildman–Crippen MR) is 590 cm³/mol. The van der Waals surface area contributed by atoms with Gasteiger partial charge < -0.3 is 13.7 Å². The summed E-state index contributed by atoms with van der Waals surface area (Å²) in [5, 5.41) is 49.3. The Morgan fingerprint density at radius 1 is 0.164 bits per heavy atom. The molecule has 7 heterocycles. The molecule has 0 saturated heterocycles. The van der Waals surface area contributed by atoms with Crippen LogP contribution in [0.1, 0.15) is 0 Å². The van der Waals surface area contributed by atoms with E-state index in [0.717, 1.165) is 99.5 Å². The van der Waals surface area contributed by atoms with Gasteiger partial charge in [0.25, 0.3) is 0 Å². The lowest BCUT2D eigenvalue weighted by Crippen LogP contribution is -1.99. The van der Waals surface area contributed by atoms with Crippen LogP contribution >= 0.6 is 11.3 Å². The van der Waals surface area contributed by atoms with E-state index in [1.807, 2.05) is 36.1 Å². The third-order valence-corrected chi connectivity index (χ3v) is 29.9. The van der Waals surface area contributed by atoms with Crippen molar-refractivity contribution in [2.75, 3.05) is 0 Å². The average Bonchev–Trinajstić information content (AvgIpc) is 1.52. The molecule has 0 bridgehead atoms. The molecule has 9 nitrogen and oxygen atoms in total. The first-order valence-electron chi connectivity index (χ1n) is 47.5. The van der Waals surface area contributed by atoms with Crippen molar-refractivity contribution in [2.45, 2.75) is 0 Å². The van der Waals surface area contributed by atoms with Crippen LogP contribution in [0.4, 0.5) is 0 Å². The minimum Gasteiger partial charge on any atom is -0.309 e. The molecule has 23 aromatic carbocycles. The van der Waals surface area contributed by atoms with Gasteiger partial charge in [0.05, 0.1) is 80.5 Å². The Balaban J connectivity index is 0.000000103. The maximum absolute atomic E-state index is 4.98. The van der Waals surface area contributed by atoms with Crippen LogP contribution < -0.4 is 0 Å². The third kappa shape index (κ3) is 12.8. The molecule has 0 unspecified atom stereocenters. The molecule has 0 N–H and O–H groups in total. The van der Waals surface area contributed by atoms with E-state index < -0.39 is 0 Å². The second-order valence-corrected chi connectivity index (χ2v) is 37.4. The van der Waals surface area contributed by atoms with E-state index in [0.29, 0.717) is 0 Å². The van der Waals surface area contributed by atoms with Gasteiger partial charge in [-0.25, -0.2) is 0 Å². The SMILES string of the molecule is c1ccc(-c2ccc(-n3c4cc5ccccc5cc4c4c(-c5cccc6c7ccccc7c7ccccc7c56)cccc43)c3cnncc23)cc1.c1ccc(-c2cccc3c2c2cc4ccccc4cc2n3-c2ccc(-c3ccc4sc5ccccc5c4c3)c3cnncc23)cc1.c1ccc(-c2cccc3c2c2cc4ccccc4cc2n3-c2ccc(-c3cccc4ccccc34)c3nccnc23)cc1. The summed E-state index contributed by atoms with van der Waals surface area (Å²) in [4.78, 5) is 9.91. The second-order valence-electron chi connectivity index (χ2n) is 36.3. The van der Waals surface area contributed by atoms with Crippen molar-refractivity contribution >= 4 is 205 Å². The van der Waals surface area contributed by atoms with Gasteiger partial charge in [-0.1, -0.05) is 346 Å². The molecule has 7 aromatic heterocycles. The van der Waals surface area contributed by atoms with Crippen LogP contribution in [0.25, 0.3) is 277 Å². The summed E-state index contributed by atoms with van der Waals surface area (Å²) < 4.78 is 9.87. The zero-order chi connectivity index (χ0) is 92.0. The highest BCUT2D eigenvalue weighted by molar-refractivity contribution is 7.25. The molecular weight excluding hydrogens is 1720 g/mol. The number of hydrogen-bond acceptors (Lipinski definition) is 7. The van der Waals surface area contributed by atoms with Gasteiger partial charge in [0.1, 0.15) is 5.52 Å². The van der Waals surface area contributed by atoms with Gasteiger partial charge in [0, 0.05) is 92.0 Å². The van der Waals surface area contributed by atoms with E-state index in [1.165, 1.54) is 178 Å². The topological polar surface area (TPSA) is 92.1 Å². The van der Waals surface area contributed by atoms with Crippen molar-refractivity contribution in [2.24, 2.45) is 0 Å². The third-order valence-electron chi connectivity index (χ3n) is 28.8. The normalized spacial score (nSPS) is 11.9. The fourth-order valence-electron chi connectivity index (χ4n) is 22.6. The molecule has 650 valence electrons. The van der Waals surface area contributed by atoms with Gasteiger partial charge in [-0.2, -0.15) is 20.4 Å². The predicted octanol–water partition coefficient (Wildman–Crippen LogP) is 34.6. The molecule has 140 heavy (non-hydrogen) atoms. The van der Waals surface area contributed by atoms with E-state index in [9.17, 15) is 0 Å². The number of benzene rings is 23. The minimum atomic E-state index is 0.880. The Hall–Kier alpha value is -18.5. The molecule has 0 radical (unpaired) electrons. The molecule has 0 atom stereocenters. The summed E-state index contributed by atoms with van der Waals surface area (Å²) in [5.41, 5.74) is 26.2. The van der Waals surface area contributed by atoms with Crippen molar-refractivity contribution in [3.05, 3.63) is 480 Å². The Kier molecular flexibility index (Phi) is 18.7. The van der Waals surface area contributed by atoms with E-state index in [2.05, 4.69) is 477 Å². The number of hydrogen-bond donors (Lipinski definition) is 0. The highest BCUT2D eigenvalue weighted by atomic mass is 32.1. The molecule has 0 amide bonds. The lowest BCUT2D eigenvalue weighted by molar-refractivity contribution is 1.05. The molecule has 0 aliphatic carbocycles. The fourth-order valence-corrected chi connectivity index (χ4v) is 23.7. The van der Waals surface area contributed by atoms with Crippen molar-refractivity contribution in [1.82, 2.24) is 44.1 Å². The molecular formula is C130H79N9S. The Labute approximate surface area is 806 Å². The van der Waals surface area contributed by atoms with Gasteiger partial charge in [-0.05, 0) is 234 Å². The average molecular weight is 1800 g/mol. The maximum Gasteiger partial charge on any atom is 0.113 e. The van der Waals surface area contributed by atoms with Crippen LogP contribution in [0.5, 0.6) is 0 Å². The van der Waals surface area contributed by atoms with Gasteiger partial charge in [-0.3, -0.25) is 9.97 Å². The molecule has 0 saturated carbocycles. The molecule has 30 aromatic rings. The van der Waals surface area contributed by atoms with Crippen molar-refractivity contribution in [3.63, 3.8) is 0 Å². The molecule has 0 aliphatic rings. The fraction of sp³-hybridized carbons (Fsp3) is 0. The van der Waals surface area contributed by atoms with Crippen LogP contribution in [-0.2, 0) is 0 Å². The number of rotatable bonds is 9. The zero-order valence-electron chi connectivity index (χ0n) is 75.5. The Morgan fingerprint density at radius 2 is 0.507 bits per heavy atom. The van der Waals surface area contributed by atoms with Crippen LogP contribution in [-0.4, -0.2) is 44.1 Å². The summed E-state index contributed by atoms with van der Waals surface area (Å²) in [5.74, 6) is 0. The van der Waals surface area contributed by atoms with Crippen LogP contribution in [0, 0.1) is 0 Å². The van der Waals surface area contributed by atoms with Crippen molar-refractivity contribution in [1.29, 1.82) is 0 Å². The van der Waals surface area contributed by atoms with Crippen molar-refractivity contribution < 1.29 is 0 Å². The summed E-state index contributed by atoms with van der Waals surface area (Å²) in [6.07, 6.45) is 11.3. The summed E-state index contributed by atoms with van der Waals surface area (Å²) in [6.45, 7) is 0. The first kappa shape index (κ1) is 80.0. The van der Waals surface area contributed by atoms with Crippen LogP contribution in [0.15, 0.2) is 480 Å². The summed E-state index contributed by atoms with van der Waals surface area (Å²) in [7, 11) is 0. The quantitative estimate of drug-likeness (QED) is 0.134. The van der Waals surface area contributed by atoms with Gasteiger partial charge in [0.15, 0.2) is 0 Å². The largest absolute Gasteiger partial charge is 0.309 e. The van der Waals surface area contributed by atoms with E-state index in [1.54, 1.807) is 12.4 Å². The van der Waals surface area contributed by atoms with Gasteiger partial charge in [-0.15, -0.1) is 11.3 Å². The highest BCUT2D eigenvalue weighted by Gasteiger charge is 2.27. The van der Waals surface area contributed by atoms with E-state index in [-0.39, 0.29) is 0 Å². The summed E-state index contributed by atoms with van der Waals surface area (Å²) in [6, 6.07) is 160. The van der Waals surface area contributed by atoms with Crippen LogP contribution in [0.2, 0.25) is 0 Å². The van der Waals surface area contributed by atoms with Crippen LogP contribution in [0.3, 0.4) is 0 Å². The zero-order valence-corrected chi connectivity index (χ0v) is 76.4. The molecule has 30 rings (SSSR count). The molecule has 0 aliphatic heterocycles. The Morgan fingerprint density at radius 3 is 1.03 bits per heavy atom. The minimum absolute atomic E-state index is 0.880. The van der Waals surface area contributed by atoms with Gasteiger partial charge >= 0.3 is 0 Å². The molecule has 0 fully saturated rings. The Bertz CT molecular complexity index is 10300. The monoisotopic (exact) mass is 1800 g/mol. The van der Waals surface area contributed by atoms with Crippen molar-refractivity contribution in [3.8, 4) is 83.8 Å². The van der Waals surface area contributed by atoms with E-state index in [4.69, 9.17) is 9.97 Å². The highest BCUT2D eigenvalue weighted by Crippen LogP contribution is 2.51. The lowest BCUT2D eigenvalue weighted by Gasteiger charge is -2.16. The maximum atomic E-state index is 4.98. The van der Waals surface area contributed by atoms with E-state index >= 15 is 0 Å². The number of aromatic nitrogens is 9. The first-order chi connectivity index (χ1) is 69.5. The standard InChI is InChI=1S/C48H29N3.C42H25N3S.C40H25N3/c1-2-12-30(13-3-1)33-24-25-44(43-29-50-49-28-42(33)43)51-45-23-11-22-40(48(45)41-26-31-14-4-5-15-32(31)27-46(41)51)39-21-10-20-38-36-17-7-6-16-34(36)35-18-8-9-19-37(35)47(38)39;1-2-9-26(10-3-1)31-14-8-15-38-42(31)34-21-27-11-4-5-12-28(27)23-39(34)45(38)37-19-18-30(35-24-43-44-25-36(35)37)29-17-20-41-33(22-29)32-13-6-7-16-40(32)46-41;1-2-10-27(11-3-1)31-17-9-19-35-38(31)34-24-28-13-4-5-14-29(28)25-37(34)43(35)36-21-20-33(39-40(36)42-23-22-41-39)32-18-8-15-26-12-6-7-16-30(26)32/h1-29H;1-25H;1-25H. The van der Waals surface area contributed by atoms with Gasteiger partial charge in [0.2, 0.25) is 0 Å². The first-order valence-corrected chi connectivity index (χ1v) is 48.3. The number of thiophene rings is 1.